The molecule has 4 rings (SSSR count). The quantitative estimate of drug-likeness (QED) is 0.240. The number of carbonyl (C=O) groups excluding carboxylic acids is 3. The van der Waals surface area contributed by atoms with Crippen LogP contribution in [0, 0.1) is 59.2 Å². The molecule has 9 unspecified atom stereocenters. The minimum atomic E-state index is -0.130. The van der Waals surface area contributed by atoms with E-state index in [2.05, 4.69) is 69.2 Å². The predicted molar refractivity (Wildman–Crippen MR) is 197 cm³/mol. The molecule has 4 fully saturated rings. The van der Waals surface area contributed by atoms with Crippen molar-refractivity contribution in [1.29, 1.82) is 0 Å². The highest BCUT2D eigenvalue weighted by Crippen LogP contribution is 2.36. The minimum Gasteiger partial charge on any atom is -0.462 e. The van der Waals surface area contributed by atoms with E-state index < -0.39 is 0 Å². The molecule has 0 saturated heterocycles. The summed E-state index contributed by atoms with van der Waals surface area (Å²) in [6, 6.07) is 0. The van der Waals surface area contributed by atoms with Crippen molar-refractivity contribution in [3.05, 3.63) is 11.1 Å². The van der Waals surface area contributed by atoms with Crippen molar-refractivity contribution >= 4 is 17.5 Å². The molecular weight excluding hydrogens is 584 g/mol. The fourth-order valence-corrected chi connectivity index (χ4v) is 8.14. The summed E-state index contributed by atoms with van der Waals surface area (Å²) in [5.41, 5.74) is 2.30. The monoisotopic (exact) mass is 661 g/mol. The molecule has 0 aromatic heterocycles. The van der Waals surface area contributed by atoms with Crippen LogP contribution in [0.2, 0.25) is 0 Å². The van der Waals surface area contributed by atoms with Crippen LogP contribution in [0.3, 0.4) is 0 Å². The summed E-state index contributed by atoms with van der Waals surface area (Å²) in [4.78, 5) is 33.8. The van der Waals surface area contributed by atoms with Gasteiger partial charge in [0.1, 0.15) is 11.9 Å². The fourth-order valence-electron chi connectivity index (χ4n) is 8.14. The summed E-state index contributed by atoms with van der Waals surface area (Å²) in [6.07, 6.45) is 13.3. The number of hydrogen-bond donors (Lipinski definition) is 1. The van der Waals surface area contributed by atoms with Crippen LogP contribution in [0.15, 0.2) is 11.1 Å². The van der Waals surface area contributed by atoms with Gasteiger partial charge in [-0.3, -0.25) is 14.4 Å². The summed E-state index contributed by atoms with van der Waals surface area (Å²) in [5, 5.41) is 9.71. The zero-order valence-corrected chi connectivity index (χ0v) is 33.0. The second-order valence-corrected chi connectivity index (χ2v) is 17.3. The van der Waals surface area contributed by atoms with Crippen LogP contribution in [-0.4, -0.2) is 34.9 Å². The third-order valence-corrected chi connectivity index (χ3v) is 11.4. The van der Waals surface area contributed by atoms with Crippen molar-refractivity contribution < 1.29 is 24.2 Å². The van der Waals surface area contributed by atoms with E-state index in [9.17, 15) is 19.5 Å². The second-order valence-electron chi connectivity index (χ2n) is 17.3. The summed E-state index contributed by atoms with van der Waals surface area (Å²) < 4.78 is 5.40. The largest absolute Gasteiger partial charge is 0.462 e. The van der Waals surface area contributed by atoms with Crippen LogP contribution in [0.25, 0.3) is 0 Å². The van der Waals surface area contributed by atoms with Crippen LogP contribution in [0.5, 0.6) is 0 Å². The van der Waals surface area contributed by atoms with Crippen molar-refractivity contribution in [2.75, 3.05) is 0 Å². The predicted octanol–water partition coefficient (Wildman–Crippen LogP) is 10.8. The van der Waals surface area contributed by atoms with Crippen molar-refractivity contribution in [3.8, 4) is 0 Å². The van der Waals surface area contributed by atoms with Gasteiger partial charge in [0.15, 0.2) is 5.78 Å². The molecular formula is C42H76O5. The van der Waals surface area contributed by atoms with Gasteiger partial charge in [-0.2, -0.15) is 0 Å². The van der Waals surface area contributed by atoms with Gasteiger partial charge in [0.05, 0.1) is 6.10 Å². The lowest BCUT2D eigenvalue weighted by Gasteiger charge is -2.36. The van der Waals surface area contributed by atoms with E-state index in [1.54, 1.807) is 0 Å². The van der Waals surface area contributed by atoms with E-state index in [1.807, 2.05) is 13.8 Å². The smallest absolute Gasteiger partial charge is 0.302 e. The van der Waals surface area contributed by atoms with Gasteiger partial charge in [-0.25, -0.2) is 0 Å². The summed E-state index contributed by atoms with van der Waals surface area (Å²) in [7, 11) is 0. The number of aliphatic hydroxyl groups excluding tert-OH is 1. The Labute approximate surface area is 290 Å². The third kappa shape index (κ3) is 16.2. The van der Waals surface area contributed by atoms with Gasteiger partial charge >= 0.3 is 5.97 Å². The second kappa shape index (κ2) is 21.6. The van der Waals surface area contributed by atoms with Crippen LogP contribution in [0.1, 0.15) is 167 Å². The standard InChI is InChI=1S/C12H22O2.C10H20O.C10H18O.C10H16O/c1-8(2)11-6-5-9(3)7-12(11)14-10(4)13;3*1-7(2)9-5-4-8(3)6-10(9)11/h8-9,11-12H,5-7H2,1-4H3;7-11H,4-6H2,1-3H3;7-9H,4-6H2,1-3H3;8H,4-6H2,1-3H3. The number of Topliss-reactive ketones (excluding diaryl/α,β-unsaturated/α-hetero) is 2. The van der Waals surface area contributed by atoms with Crippen molar-refractivity contribution in [2.24, 2.45) is 59.2 Å². The molecule has 47 heavy (non-hydrogen) atoms. The molecule has 0 aromatic carbocycles. The molecule has 1 N–H and O–H groups in total. The Kier molecular flexibility index (Phi) is 20.0. The van der Waals surface area contributed by atoms with E-state index in [-0.39, 0.29) is 18.2 Å². The molecule has 0 aliphatic heterocycles. The van der Waals surface area contributed by atoms with Gasteiger partial charge in [0, 0.05) is 25.7 Å². The summed E-state index contributed by atoms with van der Waals surface area (Å²) >= 11 is 0. The summed E-state index contributed by atoms with van der Waals surface area (Å²) in [6.45, 7) is 27.5. The average molecular weight is 661 g/mol. The number of allylic oxidation sites excluding steroid dienone is 2. The highest BCUT2D eigenvalue weighted by atomic mass is 16.5. The molecule has 0 radical (unpaired) electrons. The lowest BCUT2D eigenvalue weighted by molar-refractivity contribution is -0.153. The number of ketones is 2. The lowest BCUT2D eigenvalue weighted by atomic mass is 9.75. The van der Waals surface area contributed by atoms with Crippen LogP contribution >= 0.6 is 0 Å². The molecule has 5 heteroatoms. The van der Waals surface area contributed by atoms with E-state index in [4.69, 9.17) is 4.74 Å². The SMILES string of the molecule is CC(=O)OC1CC(C)CCC1C(C)C.CC(C)=C1CCC(C)CC1=O.CC1CCC(C(C)C)C(=O)C1.CC1CCC(C(C)C)C(O)C1. The number of hydrogen-bond acceptors (Lipinski definition) is 5. The van der Waals surface area contributed by atoms with Gasteiger partial charge in [0.2, 0.25) is 0 Å². The average Bonchev–Trinajstić information content (AvgIpc) is 2.93. The minimum absolute atomic E-state index is 0.0289. The molecule has 5 nitrogen and oxygen atoms in total. The zero-order chi connectivity index (χ0) is 36.0. The molecule has 4 aliphatic carbocycles. The molecule has 0 aromatic rings. The number of aliphatic hydroxyl groups is 1. The maximum absolute atomic E-state index is 11.4. The molecule has 274 valence electrons. The molecule has 4 aliphatic rings. The topological polar surface area (TPSA) is 80.7 Å². The normalized spacial score (nSPS) is 32.8. The number of esters is 1. The van der Waals surface area contributed by atoms with E-state index in [0.717, 1.165) is 50.0 Å². The first-order valence-corrected chi connectivity index (χ1v) is 19.4. The van der Waals surface area contributed by atoms with Crippen molar-refractivity contribution in [2.45, 2.75) is 179 Å². The highest BCUT2D eigenvalue weighted by Gasteiger charge is 2.33. The summed E-state index contributed by atoms with van der Waals surface area (Å²) in [5.74, 6) is 6.74. The molecule has 9 atom stereocenters. The molecule has 0 heterocycles. The molecule has 0 amide bonds. The van der Waals surface area contributed by atoms with Gasteiger partial charge < -0.3 is 9.84 Å². The Morgan fingerprint density at radius 2 is 1.17 bits per heavy atom. The first-order valence-electron chi connectivity index (χ1n) is 19.4. The first-order chi connectivity index (χ1) is 21.8. The Morgan fingerprint density at radius 1 is 0.660 bits per heavy atom. The number of rotatable bonds is 4. The van der Waals surface area contributed by atoms with E-state index >= 15 is 0 Å². The van der Waals surface area contributed by atoms with Gasteiger partial charge in [0.25, 0.3) is 0 Å². The van der Waals surface area contributed by atoms with Crippen LogP contribution in [0.4, 0.5) is 0 Å². The fraction of sp³-hybridized carbons (Fsp3) is 0.881. The van der Waals surface area contributed by atoms with E-state index in [1.165, 1.54) is 51.0 Å². The van der Waals surface area contributed by atoms with Crippen molar-refractivity contribution in [1.82, 2.24) is 0 Å². The Bertz CT molecular complexity index is 974. The Hall–Kier alpha value is -1.49. The maximum atomic E-state index is 11.4. The highest BCUT2D eigenvalue weighted by molar-refractivity contribution is 5.96. The van der Waals surface area contributed by atoms with Crippen LogP contribution in [-0.2, 0) is 19.1 Å². The Balaban J connectivity index is 0.000000315. The molecule has 4 saturated carbocycles. The zero-order valence-electron chi connectivity index (χ0n) is 33.0. The van der Waals surface area contributed by atoms with Gasteiger partial charge in [-0.1, -0.05) is 87.7 Å². The number of ether oxygens (including phenoxy) is 1. The maximum Gasteiger partial charge on any atom is 0.302 e. The lowest BCUT2D eigenvalue weighted by Crippen LogP contribution is -2.35. The Morgan fingerprint density at radius 3 is 1.62 bits per heavy atom. The van der Waals surface area contributed by atoms with Gasteiger partial charge in [-0.15, -0.1) is 0 Å². The number of carbonyl (C=O) groups is 3. The van der Waals surface area contributed by atoms with Crippen LogP contribution < -0.4 is 0 Å². The molecule has 0 bridgehead atoms. The molecule has 0 spiro atoms. The van der Waals surface area contributed by atoms with E-state index in [0.29, 0.717) is 64.8 Å². The van der Waals surface area contributed by atoms with Crippen molar-refractivity contribution in [3.63, 3.8) is 0 Å². The first kappa shape index (κ1) is 43.5. The van der Waals surface area contributed by atoms with Gasteiger partial charge in [-0.05, 0) is 124 Å². The third-order valence-electron chi connectivity index (χ3n) is 11.4.